The largest absolute Gasteiger partial charge is 0.459 e. The average molecular weight is 439 g/mol. The standard InChI is InChI=1S/C18H22N4O5S2/c1-29(25,26)22-8-4-12(5-9-22)17(24)21-7-6-13-15(11-21)28-18(19-13)20-16(23)14-3-2-10-27-14/h2-3,10,12H,4-9,11H2,1H3,(H,19,20,23). The summed E-state index contributed by atoms with van der Waals surface area (Å²) < 4.78 is 29.8. The number of nitrogens with zero attached hydrogens (tertiary/aromatic N) is 3. The van der Waals surface area contributed by atoms with Crippen molar-refractivity contribution in [2.24, 2.45) is 5.92 Å². The second kappa shape index (κ2) is 7.88. The molecule has 0 atom stereocenters. The molecule has 1 N–H and O–H groups in total. The summed E-state index contributed by atoms with van der Waals surface area (Å²) in [6.07, 6.45) is 4.36. The highest BCUT2D eigenvalue weighted by Gasteiger charge is 2.33. The molecular formula is C18H22N4O5S2. The Hall–Kier alpha value is -2.24. The van der Waals surface area contributed by atoms with Crippen molar-refractivity contribution in [3.8, 4) is 0 Å². The van der Waals surface area contributed by atoms with Gasteiger partial charge in [0.1, 0.15) is 0 Å². The number of carbonyl (C=O) groups excluding carboxylic acids is 2. The van der Waals surface area contributed by atoms with E-state index in [1.165, 1.54) is 28.2 Å². The number of carbonyl (C=O) groups is 2. The highest BCUT2D eigenvalue weighted by atomic mass is 32.2. The first-order valence-corrected chi connectivity index (χ1v) is 12.0. The van der Waals surface area contributed by atoms with Crippen molar-refractivity contribution < 1.29 is 22.4 Å². The lowest BCUT2D eigenvalue weighted by atomic mass is 9.96. The van der Waals surface area contributed by atoms with Crippen molar-refractivity contribution >= 4 is 38.3 Å². The second-order valence-electron chi connectivity index (χ2n) is 7.27. The Balaban J connectivity index is 1.37. The molecule has 2 aromatic heterocycles. The fourth-order valence-corrected chi connectivity index (χ4v) is 5.59. The smallest absolute Gasteiger partial charge is 0.293 e. The third-order valence-electron chi connectivity index (χ3n) is 5.28. The number of aromatic nitrogens is 1. The summed E-state index contributed by atoms with van der Waals surface area (Å²) in [4.78, 5) is 32.3. The predicted molar refractivity (Wildman–Crippen MR) is 107 cm³/mol. The van der Waals surface area contributed by atoms with Crippen molar-refractivity contribution in [2.75, 3.05) is 31.2 Å². The van der Waals surface area contributed by atoms with Crippen LogP contribution in [0.4, 0.5) is 5.13 Å². The summed E-state index contributed by atoms with van der Waals surface area (Å²) >= 11 is 1.37. The lowest BCUT2D eigenvalue weighted by Gasteiger charge is -2.34. The van der Waals surface area contributed by atoms with Crippen molar-refractivity contribution in [1.82, 2.24) is 14.2 Å². The minimum absolute atomic E-state index is 0.0679. The summed E-state index contributed by atoms with van der Waals surface area (Å²) in [5.74, 6) is -0.221. The van der Waals surface area contributed by atoms with Crippen LogP contribution in [0.25, 0.3) is 0 Å². The van der Waals surface area contributed by atoms with Gasteiger partial charge in [0.15, 0.2) is 10.9 Å². The van der Waals surface area contributed by atoms with Gasteiger partial charge in [-0.2, -0.15) is 0 Å². The van der Waals surface area contributed by atoms with E-state index in [1.807, 2.05) is 4.90 Å². The SMILES string of the molecule is CS(=O)(=O)N1CCC(C(=O)N2CCc3nc(NC(=O)c4ccco4)sc3C2)CC1. The molecule has 4 rings (SSSR count). The lowest BCUT2D eigenvalue weighted by molar-refractivity contribution is -0.137. The molecule has 0 spiro atoms. The summed E-state index contributed by atoms with van der Waals surface area (Å²) in [5.41, 5.74) is 0.903. The van der Waals surface area contributed by atoms with Crippen molar-refractivity contribution in [3.05, 3.63) is 34.7 Å². The topological polar surface area (TPSA) is 113 Å². The molecule has 0 bridgehead atoms. The van der Waals surface area contributed by atoms with Gasteiger partial charge in [0.2, 0.25) is 15.9 Å². The maximum absolute atomic E-state index is 12.9. The monoisotopic (exact) mass is 438 g/mol. The number of hydrogen-bond donors (Lipinski definition) is 1. The van der Waals surface area contributed by atoms with Crippen LogP contribution in [0.1, 0.15) is 34.0 Å². The number of fused-ring (bicyclic) bond motifs is 1. The normalized spacial score (nSPS) is 18.4. The minimum Gasteiger partial charge on any atom is -0.459 e. The van der Waals surface area contributed by atoms with E-state index in [1.54, 1.807) is 12.1 Å². The predicted octanol–water partition coefficient (Wildman–Crippen LogP) is 1.54. The highest BCUT2D eigenvalue weighted by Crippen LogP contribution is 2.30. The number of amides is 2. The first kappa shape index (κ1) is 20.0. The van der Waals surface area contributed by atoms with Crippen LogP contribution in [-0.2, 0) is 27.8 Å². The van der Waals surface area contributed by atoms with Gasteiger partial charge < -0.3 is 9.32 Å². The zero-order chi connectivity index (χ0) is 20.6. The number of thiazole rings is 1. The molecule has 0 saturated carbocycles. The third-order valence-corrected chi connectivity index (χ3v) is 7.58. The van der Waals surface area contributed by atoms with Crippen LogP contribution in [0.3, 0.4) is 0 Å². The number of nitrogens with one attached hydrogen (secondary N) is 1. The molecule has 2 aliphatic heterocycles. The van der Waals surface area contributed by atoms with Crippen LogP contribution in [0.2, 0.25) is 0 Å². The van der Waals surface area contributed by atoms with Crippen molar-refractivity contribution in [2.45, 2.75) is 25.8 Å². The van der Waals surface area contributed by atoms with E-state index < -0.39 is 10.0 Å². The fourth-order valence-electron chi connectivity index (χ4n) is 3.70. The summed E-state index contributed by atoms with van der Waals surface area (Å²) in [6.45, 7) is 1.82. The van der Waals surface area contributed by atoms with Crippen LogP contribution < -0.4 is 5.32 Å². The number of hydrogen-bond acceptors (Lipinski definition) is 7. The van der Waals surface area contributed by atoms with Gasteiger partial charge in [-0.25, -0.2) is 17.7 Å². The molecule has 0 radical (unpaired) electrons. The molecule has 1 fully saturated rings. The Kier molecular flexibility index (Phi) is 5.45. The number of furan rings is 1. The van der Waals surface area contributed by atoms with E-state index in [0.29, 0.717) is 50.6 Å². The summed E-state index contributed by atoms with van der Waals surface area (Å²) in [6, 6.07) is 3.23. The number of anilines is 1. The van der Waals surface area contributed by atoms with Gasteiger partial charge in [-0.15, -0.1) is 0 Å². The van der Waals surface area contributed by atoms with Crippen LogP contribution in [0.15, 0.2) is 22.8 Å². The van der Waals surface area contributed by atoms with Gasteiger partial charge >= 0.3 is 0 Å². The molecule has 156 valence electrons. The molecule has 2 aliphatic rings. The van der Waals surface area contributed by atoms with Crippen molar-refractivity contribution in [3.63, 3.8) is 0 Å². The zero-order valence-corrected chi connectivity index (χ0v) is 17.6. The Morgan fingerprint density at radius 1 is 1.28 bits per heavy atom. The van der Waals surface area contributed by atoms with E-state index in [9.17, 15) is 18.0 Å². The van der Waals surface area contributed by atoms with Gasteiger partial charge in [-0.1, -0.05) is 11.3 Å². The maximum atomic E-state index is 12.9. The molecule has 0 unspecified atom stereocenters. The van der Waals surface area contributed by atoms with Crippen LogP contribution in [0, 0.1) is 5.92 Å². The fraction of sp³-hybridized carbons (Fsp3) is 0.500. The lowest BCUT2D eigenvalue weighted by Crippen LogP contribution is -2.45. The molecule has 1 saturated heterocycles. The van der Waals surface area contributed by atoms with Gasteiger partial charge in [0.05, 0.1) is 24.8 Å². The quantitative estimate of drug-likeness (QED) is 0.775. The molecule has 4 heterocycles. The van der Waals surface area contributed by atoms with E-state index in [2.05, 4.69) is 10.3 Å². The Bertz CT molecular complexity index is 1010. The van der Waals surface area contributed by atoms with Crippen LogP contribution in [-0.4, -0.2) is 60.3 Å². The number of sulfonamides is 1. The molecule has 2 amide bonds. The van der Waals surface area contributed by atoms with E-state index >= 15 is 0 Å². The number of rotatable bonds is 4. The highest BCUT2D eigenvalue weighted by molar-refractivity contribution is 7.88. The Morgan fingerprint density at radius 3 is 2.69 bits per heavy atom. The Labute approximate surface area is 172 Å². The first-order valence-electron chi connectivity index (χ1n) is 9.38. The third kappa shape index (κ3) is 4.36. The zero-order valence-electron chi connectivity index (χ0n) is 16.0. The maximum Gasteiger partial charge on any atom is 0.293 e. The average Bonchev–Trinajstić information content (AvgIpc) is 3.35. The van der Waals surface area contributed by atoms with Gasteiger partial charge in [-0.3, -0.25) is 14.9 Å². The molecule has 11 heteroatoms. The molecule has 0 aromatic carbocycles. The van der Waals surface area contributed by atoms with Gasteiger partial charge in [-0.05, 0) is 25.0 Å². The first-order chi connectivity index (χ1) is 13.8. The molecule has 9 nitrogen and oxygen atoms in total. The second-order valence-corrected chi connectivity index (χ2v) is 10.3. The molecule has 0 aliphatic carbocycles. The summed E-state index contributed by atoms with van der Waals surface area (Å²) in [7, 11) is -3.20. The number of piperidine rings is 1. The van der Waals surface area contributed by atoms with Crippen LogP contribution >= 0.6 is 11.3 Å². The van der Waals surface area contributed by atoms with Crippen LogP contribution in [0.5, 0.6) is 0 Å². The Morgan fingerprint density at radius 2 is 2.03 bits per heavy atom. The van der Waals surface area contributed by atoms with Gasteiger partial charge in [0, 0.05) is 36.9 Å². The van der Waals surface area contributed by atoms with E-state index in [-0.39, 0.29) is 23.5 Å². The van der Waals surface area contributed by atoms with Gasteiger partial charge in [0.25, 0.3) is 5.91 Å². The minimum atomic E-state index is -3.20. The molecule has 29 heavy (non-hydrogen) atoms. The summed E-state index contributed by atoms with van der Waals surface area (Å²) in [5, 5.41) is 3.23. The van der Waals surface area contributed by atoms with Crippen molar-refractivity contribution in [1.29, 1.82) is 0 Å². The van der Waals surface area contributed by atoms with E-state index in [0.717, 1.165) is 10.6 Å². The molecular weight excluding hydrogens is 416 g/mol. The van der Waals surface area contributed by atoms with E-state index in [4.69, 9.17) is 4.42 Å². The molecule has 2 aromatic rings.